The van der Waals surface area contributed by atoms with E-state index < -0.39 is 0 Å². The summed E-state index contributed by atoms with van der Waals surface area (Å²) in [7, 11) is 2.04. The molecule has 1 unspecified atom stereocenters. The fraction of sp³-hybridized carbons (Fsp3) is 0.571. The van der Waals surface area contributed by atoms with Crippen LogP contribution in [-0.2, 0) is 4.74 Å². The first kappa shape index (κ1) is 12.9. The van der Waals surface area contributed by atoms with Crippen molar-refractivity contribution < 1.29 is 4.74 Å². The van der Waals surface area contributed by atoms with Gasteiger partial charge in [0.05, 0.1) is 18.5 Å². The second-order valence-corrected chi connectivity index (χ2v) is 6.01. The smallest absolute Gasteiger partial charge is 0.0607 e. The first-order valence-corrected chi connectivity index (χ1v) is 7.19. The number of rotatable bonds is 5. The van der Waals surface area contributed by atoms with E-state index in [2.05, 4.69) is 37.4 Å². The van der Waals surface area contributed by atoms with Crippen molar-refractivity contribution in [3.63, 3.8) is 0 Å². The lowest BCUT2D eigenvalue weighted by atomic mass is 10.0. The number of hydrogen-bond donors (Lipinski definition) is 1. The summed E-state index contributed by atoms with van der Waals surface area (Å²) < 4.78 is 5.20. The molecule has 1 aromatic rings. The zero-order valence-electron chi connectivity index (χ0n) is 10.8. The average molecular weight is 251 g/mol. The molecule has 1 aliphatic rings. The van der Waals surface area contributed by atoms with Crippen LogP contribution in [0.3, 0.4) is 0 Å². The van der Waals surface area contributed by atoms with E-state index in [0.29, 0.717) is 11.3 Å². The van der Waals surface area contributed by atoms with Gasteiger partial charge in [0.15, 0.2) is 0 Å². The molecule has 1 aliphatic heterocycles. The maximum absolute atomic E-state index is 5.20. The minimum atomic E-state index is 0.444. The minimum absolute atomic E-state index is 0.444. The van der Waals surface area contributed by atoms with Crippen LogP contribution in [0.5, 0.6) is 0 Å². The summed E-state index contributed by atoms with van der Waals surface area (Å²) in [5.74, 6) is 1.12. The van der Waals surface area contributed by atoms with E-state index >= 15 is 0 Å². The summed E-state index contributed by atoms with van der Waals surface area (Å²) in [6, 6.07) is 7.20. The number of ether oxygens (including phenoxy) is 1. The van der Waals surface area contributed by atoms with Crippen molar-refractivity contribution in [2.24, 2.45) is 0 Å². The molecule has 1 fully saturated rings. The summed E-state index contributed by atoms with van der Waals surface area (Å²) >= 11 is 2.01. The van der Waals surface area contributed by atoms with Crippen molar-refractivity contribution in [3.8, 4) is 0 Å². The summed E-state index contributed by atoms with van der Waals surface area (Å²) in [5.41, 5.74) is 4.13. The molecule has 1 aromatic carbocycles. The highest BCUT2D eigenvalue weighted by Gasteiger charge is 2.20. The van der Waals surface area contributed by atoms with E-state index in [1.54, 1.807) is 0 Å². The van der Waals surface area contributed by atoms with Gasteiger partial charge in [-0.2, -0.15) is 11.8 Å². The molecule has 0 aromatic heterocycles. The SMILES string of the molecule is CNC(CSC1COC1)c1ccc(C)c(C)c1. The number of hydrogen-bond acceptors (Lipinski definition) is 3. The molecule has 2 rings (SSSR count). The Morgan fingerprint density at radius 3 is 2.65 bits per heavy atom. The van der Waals surface area contributed by atoms with Crippen LogP contribution in [-0.4, -0.2) is 31.3 Å². The van der Waals surface area contributed by atoms with Crippen LogP contribution in [0.15, 0.2) is 18.2 Å². The van der Waals surface area contributed by atoms with Gasteiger partial charge in [-0.1, -0.05) is 18.2 Å². The molecule has 0 spiro atoms. The summed E-state index contributed by atoms with van der Waals surface area (Å²) in [6.45, 7) is 6.19. The van der Waals surface area contributed by atoms with Crippen LogP contribution in [0.1, 0.15) is 22.7 Å². The Hall–Kier alpha value is -0.510. The van der Waals surface area contributed by atoms with E-state index in [0.717, 1.165) is 19.0 Å². The third-order valence-electron chi connectivity index (χ3n) is 3.39. The van der Waals surface area contributed by atoms with Crippen molar-refractivity contribution in [2.75, 3.05) is 26.0 Å². The Kier molecular flexibility index (Phi) is 4.48. The van der Waals surface area contributed by atoms with E-state index in [1.807, 2.05) is 18.8 Å². The molecule has 3 heteroatoms. The van der Waals surface area contributed by atoms with Gasteiger partial charge in [0, 0.05) is 11.8 Å². The normalized spacial score (nSPS) is 17.8. The fourth-order valence-electron chi connectivity index (χ4n) is 1.87. The molecule has 1 atom stereocenters. The van der Waals surface area contributed by atoms with E-state index in [4.69, 9.17) is 4.74 Å². The monoisotopic (exact) mass is 251 g/mol. The molecule has 1 heterocycles. The van der Waals surface area contributed by atoms with Crippen LogP contribution in [0.4, 0.5) is 0 Å². The molecule has 17 heavy (non-hydrogen) atoms. The minimum Gasteiger partial charge on any atom is -0.379 e. The summed E-state index contributed by atoms with van der Waals surface area (Å²) in [4.78, 5) is 0. The number of thioether (sulfide) groups is 1. The zero-order chi connectivity index (χ0) is 12.3. The Labute approximate surface area is 108 Å². The molecule has 1 saturated heterocycles. The molecule has 1 N–H and O–H groups in total. The maximum Gasteiger partial charge on any atom is 0.0607 e. The van der Waals surface area contributed by atoms with Crippen LogP contribution >= 0.6 is 11.8 Å². The summed E-state index contributed by atoms with van der Waals surface area (Å²) in [5, 5.41) is 4.11. The lowest BCUT2D eigenvalue weighted by molar-refractivity contribution is 0.0455. The Balaban J connectivity index is 1.97. The second-order valence-electron chi connectivity index (χ2n) is 4.68. The van der Waals surface area contributed by atoms with Crippen LogP contribution in [0.25, 0.3) is 0 Å². The molecular formula is C14H21NOS. The molecule has 2 nitrogen and oxygen atoms in total. The summed E-state index contributed by atoms with van der Waals surface area (Å²) in [6.07, 6.45) is 0. The van der Waals surface area contributed by atoms with Gasteiger partial charge in [-0.25, -0.2) is 0 Å². The van der Waals surface area contributed by atoms with Gasteiger partial charge in [0.25, 0.3) is 0 Å². The topological polar surface area (TPSA) is 21.3 Å². The van der Waals surface area contributed by atoms with Crippen molar-refractivity contribution in [3.05, 3.63) is 34.9 Å². The Bertz CT molecular complexity index is 376. The van der Waals surface area contributed by atoms with Crippen molar-refractivity contribution >= 4 is 11.8 Å². The standard InChI is InChI=1S/C14H21NOS/c1-10-4-5-12(6-11(10)2)14(15-3)9-17-13-7-16-8-13/h4-6,13-15H,7-9H2,1-3H3. The highest BCUT2D eigenvalue weighted by atomic mass is 32.2. The molecule has 0 bridgehead atoms. The second kappa shape index (κ2) is 5.89. The molecule has 0 aliphatic carbocycles. The molecule has 0 saturated carbocycles. The fourth-order valence-corrected chi connectivity index (χ4v) is 3.08. The van der Waals surface area contributed by atoms with Gasteiger partial charge in [-0.15, -0.1) is 0 Å². The van der Waals surface area contributed by atoms with E-state index in [-0.39, 0.29) is 0 Å². The van der Waals surface area contributed by atoms with E-state index in [9.17, 15) is 0 Å². The van der Waals surface area contributed by atoms with Crippen molar-refractivity contribution in [2.45, 2.75) is 25.1 Å². The van der Waals surface area contributed by atoms with Gasteiger partial charge in [0.1, 0.15) is 0 Å². The lowest BCUT2D eigenvalue weighted by Gasteiger charge is -2.27. The highest BCUT2D eigenvalue weighted by Crippen LogP contribution is 2.26. The molecule has 94 valence electrons. The quantitative estimate of drug-likeness (QED) is 0.869. The van der Waals surface area contributed by atoms with Crippen molar-refractivity contribution in [1.29, 1.82) is 0 Å². The van der Waals surface area contributed by atoms with E-state index in [1.165, 1.54) is 16.7 Å². The number of nitrogens with one attached hydrogen (secondary N) is 1. The number of aryl methyl sites for hydroxylation is 2. The number of benzene rings is 1. The van der Waals surface area contributed by atoms with Crippen LogP contribution in [0.2, 0.25) is 0 Å². The largest absolute Gasteiger partial charge is 0.379 e. The zero-order valence-corrected chi connectivity index (χ0v) is 11.6. The van der Waals surface area contributed by atoms with Crippen molar-refractivity contribution in [1.82, 2.24) is 5.32 Å². The third-order valence-corrected chi connectivity index (χ3v) is 4.66. The lowest BCUT2D eigenvalue weighted by Crippen LogP contribution is -2.32. The van der Waals surface area contributed by atoms with Gasteiger partial charge >= 0.3 is 0 Å². The van der Waals surface area contributed by atoms with Gasteiger partial charge in [-0.05, 0) is 37.6 Å². The van der Waals surface area contributed by atoms with Crippen LogP contribution < -0.4 is 5.32 Å². The van der Waals surface area contributed by atoms with Gasteiger partial charge < -0.3 is 10.1 Å². The van der Waals surface area contributed by atoms with Gasteiger partial charge in [0.2, 0.25) is 0 Å². The predicted octanol–water partition coefficient (Wildman–Crippen LogP) is 2.70. The molecule has 0 amide bonds. The first-order valence-electron chi connectivity index (χ1n) is 6.14. The highest BCUT2D eigenvalue weighted by molar-refractivity contribution is 8.00. The average Bonchev–Trinajstić information content (AvgIpc) is 2.26. The Morgan fingerprint density at radius 2 is 2.12 bits per heavy atom. The van der Waals surface area contributed by atoms with Crippen LogP contribution in [0, 0.1) is 13.8 Å². The molecule has 0 radical (unpaired) electrons. The third kappa shape index (κ3) is 3.24. The Morgan fingerprint density at radius 1 is 1.35 bits per heavy atom. The molecular weight excluding hydrogens is 230 g/mol. The van der Waals surface area contributed by atoms with Gasteiger partial charge in [-0.3, -0.25) is 0 Å². The first-order chi connectivity index (χ1) is 8.20. The maximum atomic E-state index is 5.20. The predicted molar refractivity (Wildman–Crippen MR) is 74.8 cm³/mol.